The van der Waals surface area contributed by atoms with E-state index in [1.54, 1.807) is 6.07 Å². The van der Waals surface area contributed by atoms with Gasteiger partial charge in [0.1, 0.15) is 5.76 Å². The molecule has 1 N–H and O–H groups in total. The second-order valence-electron chi connectivity index (χ2n) is 5.49. The first kappa shape index (κ1) is 15.1. The SMILES string of the molecule is CCNC1CCN(C(=O)c2ccc(CC)o2)CC1CC. The molecule has 2 atom stereocenters. The van der Waals surface area contributed by atoms with Crippen molar-refractivity contribution in [1.82, 2.24) is 10.2 Å². The molecule has 4 nitrogen and oxygen atoms in total. The summed E-state index contributed by atoms with van der Waals surface area (Å²) in [5.41, 5.74) is 0. The minimum atomic E-state index is 0.0399. The number of likely N-dealkylation sites (tertiary alicyclic amines) is 1. The van der Waals surface area contributed by atoms with Gasteiger partial charge in [0.25, 0.3) is 5.91 Å². The predicted molar refractivity (Wildman–Crippen MR) is 79.9 cm³/mol. The van der Waals surface area contributed by atoms with E-state index in [1.165, 1.54) is 0 Å². The Kier molecular flexibility index (Phi) is 5.24. The van der Waals surface area contributed by atoms with Gasteiger partial charge in [-0.15, -0.1) is 0 Å². The van der Waals surface area contributed by atoms with E-state index in [-0.39, 0.29) is 5.91 Å². The van der Waals surface area contributed by atoms with Crippen molar-refractivity contribution in [2.75, 3.05) is 19.6 Å². The van der Waals surface area contributed by atoms with E-state index in [2.05, 4.69) is 19.2 Å². The van der Waals surface area contributed by atoms with Gasteiger partial charge in [-0.3, -0.25) is 4.79 Å². The Balaban J connectivity index is 2.01. The molecule has 0 aliphatic carbocycles. The van der Waals surface area contributed by atoms with Crippen molar-refractivity contribution in [3.8, 4) is 0 Å². The molecular weight excluding hydrogens is 252 g/mol. The average molecular weight is 278 g/mol. The lowest BCUT2D eigenvalue weighted by Gasteiger charge is -2.38. The van der Waals surface area contributed by atoms with E-state index in [4.69, 9.17) is 4.42 Å². The highest BCUT2D eigenvalue weighted by Gasteiger charge is 2.31. The monoisotopic (exact) mass is 278 g/mol. The Morgan fingerprint density at radius 3 is 2.80 bits per heavy atom. The van der Waals surface area contributed by atoms with E-state index in [0.717, 1.165) is 44.7 Å². The molecule has 1 saturated heterocycles. The number of rotatable bonds is 5. The third kappa shape index (κ3) is 3.23. The maximum Gasteiger partial charge on any atom is 0.289 e. The van der Waals surface area contributed by atoms with E-state index in [1.807, 2.05) is 17.9 Å². The summed E-state index contributed by atoms with van der Waals surface area (Å²) in [4.78, 5) is 14.4. The topological polar surface area (TPSA) is 45.5 Å². The maximum atomic E-state index is 12.5. The molecule has 0 radical (unpaired) electrons. The molecule has 1 aliphatic heterocycles. The van der Waals surface area contributed by atoms with Gasteiger partial charge in [0.2, 0.25) is 0 Å². The van der Waals surface area contributed by atoms with Crippen molar-refractivity contribution >= 4 is 5.91 Å². The number of carbonyl (C=O) groups is 1. The van der Waals surface area contributed by atoms with Gasteiger partial charge in [0, 0.05) is 25.6 Å². The molecule has 2 unspecified atom stereocenters. The predicted octanol–water partition coefficient (Wildman–Crippen LogP) is 2.69. The lowest BCUT2D eigenvalue weighted by Crippen LogP contribution is -2.50. The summed E-state index contributed by atoms with van der Waals surface area (Å²) in [5.74, 6) is 1.94. The van der Waals surface area contributed by atoms with Gasteiger partial charge in [-0.1, -0.05) is 27.2 Å². The molecule has 2 rings (SSSR count). The van der Waals surface area contributed by atoms with Gasteiger partial charge in [0.05, 0.1) is 0 Å². The summed E-state index contributed by atoms with van der Waals surface area (Å²) in [6, 6.07) is 4.24. The van der Waals surface area contributed by atoms with Crippen LogP contribution in [0.2, 0.25) is 0 Å². The number of nitrogens with one attached hydrogen (secondary N) is 1. The van der Waals surface area contributed by atoms with Crippen molar-refractivity contribution in [3.05, 3.63) is 23.7 Å². The summed E-state index contributed by atoms with van der Waals surface area (Å²) in [7, 11) is 0. The zero-order chi connectivity index (χ0) is 14.5. The Morgan fingerprint density at radius 2 is 2.20 bits per heavy atom. The second-order valence-corrected chi connectivity index (χ2v) is 5.49. The molecule has 1 fully saturated rings. The van der Waals surface area contributed by atoms with Crippen molar-refractivity contribution in [2.45, 2.75) is 46.1 Å². The van der Waals surface area contributed by atoms with Crippen LogP contribution in [0, 0.1) is 5.92 Å². The number of aryl methyl sites for hydroxylation is 1. The minimum Gasteiger partial charge on any atom is -0.456 e. The number of hydrogen-bond donors (Lipinski definition) is 1. The fraction of sp³-hybridized carbons (Fsp3) is 0.688. The summed E-state index contributed by atoms with van der Waals surface area (Å²) >= 11 is 0. The summed E-state index contributed by atoms with van der Waals surface area (Å²) in [6.07, 6.45) is 2.95. The van der Waals surface area contributed by atoms with E-state index >= 15 is 0 Å². The first-order valence-corrected chi connectivity index (χ1v) is 7.80. The summed E-state index contributed by atoms with van der Waals surface area (Å²) in [6.45, 7) is 9.00. The Bertz CT molecular complexity index is 441. The zero-order valence-corrected chi connectivity index (χ0v) is 12.8. The molecule has 1 aromatic rings. The standard InChI is InChI=1S/C16H26N2O2/c1-4-12-11-18(10-9-14(12)17-6-3)16(19)15-8-7-13(5-2)20-15/h7-8,12,14,17H,4-6,9-11H2,1-3H3. The van der Waals surface area contributed by atoms with Gasteiger partial charge in [-0.2, -0.15) is 0 Å². The molecule has 20 heavy (non-hydrogen) atoms. The maximum absolute atomic E-state index is 12.5. The molecule has 0 aromatic carbocycles. The number of amides is 1. The second kappa shape index (κ2) is 6.93. The normalized spacial score (nSPS) is 23.1. The van der Waals surface area contributed by atoms with Crippen molar-refractivity contribution < 1.29 is 9.21 Å². The number of piperidine rings is 1. The number of hydrogen-bond acceptors (Lipinski definition) is 3. The molecule has 0 spiro atoms. The van der Waals surface area contributed by atoms with Crippen LogP contribution in [0.15, 0.2) is 16.5 Å². The number of nitrogens with zero attached hydrogens (tertiary/aromatic N) is 1. The van der Waals surface area contributed by atoms with Crippen LogP contribution in [0.5, 0.6) is 0 Å². The van der Waals surface area contributed by atoms with Gasteiger partial charge < -0.3 is 14.6 Å². The first-order valence-electron chi connectivity index (χ1n) is 7.80. The average Bonchev–Trinajstić information content (AvgIpc) is 2.96. The zero-order valence-electron chi connectivity index (χ0n) is 12.8. The smallest absolute Gasteiger partial charge is 0.289 e. The Labute approximate surface area is 121 Å². The van der Waals surface area contributed by atoms with Crippen LogP contribution in [0.4, 0.5) is 0 Å². The molecule has 1 aliphatic rings. The highest BCUT2D eigenvalue weighted by molar-refractivity contribution is 5.91. The first-order chi connectivity index (χ1) is 9.69. The molecule has 2 heterocycles. The fourth-order valence-corrected chi connectivity index (χ4v) is 3.00. The van der Waals surface area contributed by atoms with Crippen LogP contribution in [0.25, 0.3) is 0 Å². The van der Waals surface area contributed by atoms with Gasteiger partial charge in [0.15, 0.2) is 5.76 Å². The lowest BCUT2D eigenvalue weighted by atomic mass is 9.89. The van der Waals surface area contributed by atoms with Gasteiger partial charge in [-0.25, -0.2) is 0 Å². The quantitative estimate of drug-likeness (QED) is 0.900. The van der Waals surface area contributed by atoms with Gasteiger partial charge in [-0.05, 0) is 31.0 Å². The van der Waals surface area contributed by atoms with Gasteiger partial charge >= 0.3 is 0 Å². The molecular formula is C16H26N2O2. The van der Waals surface area contributed by atoms with Crippen molar-refractivity contribution in [1.29, 1.82) is 0 Å². The van der Waals surface area contributed by atoms with Crippen LogP contribution >= 0.6 is 0 Å². The molecule has 0 bridgehead atoms. The highest BCUT2D eigenvalue weighted by Crippen LogP contribution is 2.22. The van der Waals surface area contributed by atoms with Crippen LogP contribution in [-0.2, 0) is 6.42 Å². The largest absolute Gasteiger partial charge is 0.456 e. The van der Waals surface area contributed by atoms with E-state index in [9.17, 15) is 4.79 Å². The third-order valence-corrected chi connectivity index (χ3v) is 4.23. The molecule has 112 valence electrons. The highest BCUT2D eigenvalue weighted by atomic mass is 16.4. The number of carbonyl (C=O) groups excluding carboxylic acids is 1. The van der Waals surface area contributed by atoms with Crippen LogP contribution in [0.3, 0.4) is 0 Å². The van der Waals surface area contributed by atoms with E-state index < -0.39 is 0 Å². The van der Waals surface area contributed by atoms with Crippen molar-refractivity contribution in [3.63, 3.8) is 0 Å². The van der Waals surface area contributed by atoms with E-state index in [0.29, 0.717) is 17.7 Å². The Hall–Kier alpha value is -1.29. The molecule has 1 aromatic heterocycles. The van der Waals surface area contributed by atoms with Crippen LogP contribution in [-0.4, -0.2) is 36.5 Å². The molecule has 4 heteroatoms. The van der Waals surface area contributed by atoms with Crippen molar-refractivity contribution in [2.24, 2.45) is 5.92 Å². The van der Waals surface area contributed by atoms with Crippen LogP contribution in [0.1, 0.15) is 49.9 Å². The fourth-order valence-electron chi connectivity index (χ4n) is 3.00. The lowest BCUT2D eigenvalue weighted by molar-refractivity contribution is 0.0595. The molecule has 0 saturated carbocycles. The number of furan rings is 1. The minimum absolute atomic E-state index is 0.0399. The molecule has 1 amide bonds. The van der Waals surface area contributed by atoms with Crippen LogP contribution < -0.4 is 5.32 Å². The Morgan fingerprint density at radius 1 is 1.40 bits per heavy atom. The summed E-state index contributed by atoms with van der Waals surface area (Å²) in [5, 5.41) is 3.54. The third-order valence-electron chi connectivity index (χ3n) is 4.23. The summed E-state index contributed by atoms with van der Waals surface area (Å²) < 4.78 is 5.58.